The molecule has 0 spiro atoms. The molecule has 0 aromatic heterocycles. The Labute approximate surface area is 178 Å². The van der Waals surface area contributed by atoms with Crippen LogP contribution in [0, 0.1) is 5.92 Å². The standard InChI is InChI=1S/C21H44O7Si/c1-15(2)17(24-13-22-8)19(28-29(10,11)20(3,4)5)18(25-14-23-9)16-12-26-21(6,7)27-16/h15-19H,12-14H2,1-11H3/t16-,17-,18+,19+/m0/s1. The van der Waals surface area contributed by atoms with Gasteiger partial charge in [0.05, 0.1) is 12.7 Å². The molecule has 1 aliphatic heterocycles. The van der Waals surface area contributed by atoms with Crippen molar-refractivity contribution in [3.05, 3.63) is 0 Å². The highest BCUT2D eigenvalue weighted by Crippen LogP contribution is 2.40. The SMILES string of the molecule is COCO[C@@H]([C@H](O[Si](C)(C)C(C)(C)C)[C@@H](OCOC)C(C)C)[C@@H]1COC(C)(C)O1. The molecule has 4 atom stereocenters. The van der Waals surface area contributed by atoms with E-state index in [2.05, 4.69) is 47.7 Å². The molecular formula is C21H44O7Si. The molecule has 0 radical (unpaired) electrons. The Balaban J connectivity index is 3.30. The lowest BCUT2D eigenvalue weighted by Crippen LogP contribution is -2.57. The molecule has 174 valence electrons. The van der Waals surface area contributed by atoms with Gasteiger partial charge in [-0.2, -0.15) is 0 Å². The highest BCUT2D eigenvalue weighted by Gasteiger charge is 2.49. The van der Waals surface area contributed by atoms with E-state index in [1.54, 1.807) is 14.2 Å². The minimum absolute atomic E-state index is 0.0339. The third-order valence-corrected chi connectivity index (χ3v) is 10.2. The Morgan fingerprint density at radius 1 is 1.00 bits per heavy atom. The zero-order valence-corrected chi connectivity index (χ0v) is 21.4. The Morgan fingerprint density at radius 3 is 1.97 bits per heavy atom. The first kappa shape index (κ1) is 27.0. The Hall–Kier alpha value is -0.0631. The summed E-state index contributed by atoms with van der Waals surface area (Å²) in [6.45, 7) is 19.9. The van der Waals surface area contributed by atoms with Gasteiger partial charge < -0.3 is 32.8 Å². The number of hydrogen-bond acceptors (Lipinski definition) is 7. The van der Waals surface area contributed by atoms with Crippen LogP contribution < -0.4 is 0 Å². The summed E-state index contributed by atoms with van der Waals surface area (Å²) in [6, 6.07) is 0. The average Bonchev–Trinajstić information content (AvgIpc) is 2.93. The molecule has 1 saturated heterocycles. The third kappa shape index (κ3) is 7.85. The topological polar surface area (TPSA) is 64.6 Å². The van der Waals surface area contributed by atoms with Crippen LogP contribution in [0.25, 0.3) is 0 Å². The predicted octanol–water partition coefficient (Wildman–Crippen LogP) is 4.16. The Kier molecular flexibility index (Phi) is 10.2. The molecule has 0 bridgehead atoms. The van der Waals surface area contributed by atoms with E-state index in [0.717, 1.165) is 0 Å². The fourth-order valence-electron chi connectivity index (χ4n) is 3.09. The van der Waals surface area contributed by atoms with Crippen molar-refractivity contribution < 1.29 is 32.8 Å². The normalized spacial score (nSPS) is 23.4. The van der Waals surface area contributed by atoms with Gasteiger partial charge in [-0.3, -0.25) is 0 Å². The summed E-state index contributed by atoms with van der Waals surface area (Å²) in [5.41, 5.74) is 0. The fraction of sp³-hybridized carbons (Fsp3) is 1.00. The molecule has 1 rings (SSSR count). The summed E-state index contributed by atoms with van der Waals surface area (Å²) in [5.74, 6) is -0.481. The van der Waals surface area contributed by atoms with Crippen LogP contribution in [0.2, 0.25) is 18.1 Å². The fourth-order valence-corrected chi connectivity index (χ4v) is 4.39. The highest BCUT2D eigenvalue weighted by molar-refractivity contribution is 6.74. The molecule has 29 heavy (non-hydrogen) atoms. The van der Waals surface area contributed by atoms with Crippen molar-refractivity contribution in [2.75, 3.05) is 34.4 Å². The Bertz CT molecular complexity index is 476. The smallest absolute Gasteiger partial charge is 0.192 e. The summed E-state index contributed by atoms with van der Waals surface area (Å²) in [6.07, 6.45) is -1.29. The molecule has 1 aliphatic rings. The highest BCUT2D eigenvalue weighted by atomic mass is 28.4. The van der Waals surface area contributed by atoms with Crippen LogP contribution in [-0.2, 0) is 32.8 Å². The zero-order valence-electron chi connectivity index (χ0n) is 20.4. The van der Waals surface area contributed by atoms with E-state index in [1.165, 1.54) is 0 Å². The van der Waals surface area contributed by atoms with Crippen molar-refractivity contribution in [2.45, 2.75) is 96.8 Å². The van der Waals surface area contributed by atoms with Crippen LogP contribution >= 0.6 is 0 Å². The second-order valence-electron chi connectivity index (χ2n) is 10.0. The lowest BCUT2D eigenvalue weighted by molar-refractivity contribution is -0.212. The van der Waals surface area contributed by atoms with E-state index in [-0.39, 0.29) is 42.9 Å². The van der Waals surface area contributed by atoms with Crippen LogP contribution in [0.3, 0.4) is 0 Å². The average molecular weight is 437 g/mol. The third-order valence-electron chi connectivity index (χ3n) is 5.70. The molecule has 1 fully saturated rings. The van der Waals surface area contributed by atoms with Gasteiger partial charge in [0.1, 0.15) is 31.9 Å². The maximum absolute atomic E-state index is 6.90. The van der Waals surface area contributed by atoms with E-state index >= 15 is 0 Å². The first-order valence-corrected chi connectivity index (χ1v) is 13.4. The van der Waals surface area contributed by atoms with Crippen molar-refractivity contribution in [3.8, 4) is 0 Å². The molecule has 0 unspecified atom stereocenters. The van der Waals surface area contributed by atoms with Crippen molar-refractivity contribution >= 4 is 8.32 Å². The van der Waals surface area contributed by atoms with E-state index < -0.39 is 20.2 Å². The van der Waals surface area contributed by atoms with Crippen LogP contribution in [0.15, 0.2) is 0 Å². The van der Waals surface area contributed by atoms with Crippen molar-refractivity contribution in [1.82, 2.24) is 0 Å². The van der Waals surface area contributed by atoms with Crippen molar-refractivity contribution in [1.29, 1.82) is 0 Å². The molecule has 0 aromatic rings. The summed E-state index contributed by atoms with van der Waals surface area (Å²) in [5, 5.41) is 0.0339. The Morgan fingerprint density at radius 2 is 1.55 bits per heavy atom. The molecule has 0 amide bonds. The molecule has 0 saturated carbocycles. The maximum atomic E-state index is 6.90. The van der Waals surface area contributed by atoms with Crippen LogP contribution in [-0.4, -0.2) is 72.9 Å². The number of hydrogen-bond donors (Lipinski definition) is 0. The van der Waals surface area contributed by atoms with Gasteiger partial charge in [0.2, 0.25) is 0 Å². The van der Waals surface area contributed by atoms with Gasteiger partial charge in [0.15, 0.2) is 14.1 Å². The summed E-state index contributed by atoms with van der Waals surface area (Å²) >= 11 is 0. The first-order chi connectivity index (χ1) is 13.3. The van der Waals surface area contributed by atoms with Crippen LogP contribution in [0.1, 0.15) is 48.5 Å². The second kappa shape index (κ2) is 11.0. The molecule has 0 aromatic carbocycles. The summed E-state index contributed by atoms with van der Waals surface area (Å²) in [4.78, 5) is 0. The number of ether oxygens (including phenoxy) is 6. The molecular weight excluding hydrogens is 392 g/mol. The van der Waals surface area contributed by atoms with Crippen molar-refractivity contribution in [3.63, 3.8) is 0 Å². The molecule has 7 nitrogen and oxygen atoms in total. The summed E-state index contributed by atoms with van der Waals surface area (Å²) in [7, 11) is 1.09. The lowest BCUT2D eigenvalue weighted by Gasteiger charge is -2.45. The molecule has 1 heterocycles. The number of rotatable bonds is 12. The van der Waals surface area contributed by atoms with Gasteiger partial charge in [-0.15, -0.1) is 0 Å². The van der Waals surface area contributed by atoms with E-state index in [4.69, 9.17) is 32.8 Å². The molecule has 0 aliphatic carbocycles. The number of methoxy groups -OCH3 is 2. The van der Waals surface area contributed by atoms with E-state index in [1.807, 2.05) is 13.8 Å². The van der Waals surface area contributed by atoms with Gasteiger partial charge in [-0.25, -0.2) is 0 Å². The van der Waals surface area contributed by atoms with E-state index in [9.17, 15) is 0 Å². The monoisotopic (exact) mass is 436 g/mol. The second-order valence-corrected chi connectivity index (χ2v) is 14.8. The molecule has 8 heteroatoms. The largest absolute Gasteiger partial charge is 0.409 e. The minimum atomic E-state index is -2.14. The molecule has 0 N–H and O–H groups in total. The maximum Gasteiger partial charge on any atom is 0.192 e. The van der Waals surface area contributed by atoms with Gasteiger partial charge in [0, 0.05) is 14.2 Å². The van der Waals surface area contributed by atoms with Gasteiger partial charge in [-0.05, 0) is 37.9 Å². The minimum Gasteiger partial charge on any atom is -0.409 e. The van der Waals surface area contributed by atoms with Gasteiger partial charge in [0.25, 0.3) is 0 Å². The quantitative estimate of drug-likeness (QED) is 0.336. The zero-order chi connectivity index (χ0) is 22.5. The predicted molar refractivity (Wildman–Crippen MR) is 115 cm³/mol. The summed E-state index contributed by atoms with van der Waals surface area (Å²) < 4.78 is 41.6. The van der Waals surface area contributed by atoms with Crippen LogP contribution in [0.5, 0.6) is 0 Å². The first-order valence-electron chi connectivity index (χ1n) is 10.5. The van der Waals surface area contributed by atoms with Gasteiger partial charge in [-0.1, -0.05) is 34.6 Å². The lowest BCUT2D eigenvalue weighted by atomic mass is 9.95. The van der Waals surface area contributed by atoms with E-state index in [0.29, 0.717) is 6.61 Å². The van der Waals surface area contributed by atoms with Gasteiger partial charge >= 0.3 is 0 Å². The van der Waals surface area contributed by atoms with Crippen LogP contribution in [0.4, 0.5) is 0 Å². The van der Waals surface area contributed by atoms with Crippen molar-refractivity contribution in [2.24, 2.45) is 5.92 Å².